The van der Waals surface area contributed by atoms with Crippen molar-refractivity contribution in [1.82, 2.24) is 25.2 Å². The van der Waals surface area contributed by atoms with Crippen molar-refractivity contribution in [2.24, 2.45) is 0 Å². The van der Waals surface area contributed by atoms with Crippen LogP contribution < -0.4 is 10.6 Å². The standard InChI is InChI=1S/C25H28N6O2/c1-17-14-18(2)29-24(28-17)30-20-9-6-8-19(15-20)22(32)31-13-7-11-25(16-31,23(33)26-3)21-10-4-5-12-27-21/h4-6,8-10,12,14-15H,7,11,13,16H2,1-3H3,(H,26,33)(H,28,29,30)/t25-/m0/s1. The molecule has 1 aliphatic rings. The zero-order valence-electron chi connectivity index (χ0n) is 19.1. The van der Waals surface area contributed by atoms with Gasteiger partial charge in [0, 0.05) is 49.0 Å². The number of anilines is 2. The number of hydrogen-bond acceptors (Lipinski definition) is 6. The molecule has 2 amide bonds. The maximum Gasteiger partial charge on any atom is 0.253 e. The Bertz CT molecular complexity index is 1150. The molecule has 1 saturated heterocycles. The predicted molar refractivity (Wildman–Crippen MR) is 126 cm³/mol. The van der Waals surface area contributed by atoms with Gasteiger partial charge in [0.1, 0.15) is 5.41 Å². The van der Waals surface area contributed by atoms with E-state index < -0.39 is 5.41 Å². The van der Waals surface area contributed by atoms with E-state index >= 15 is 0 Å². The van der Waals surface area contributed by atoms with Crippen molar-refractivity contribution in [3.05, 3.63) is 77.4 Å². The first-order valence-electron chi connectivity index (χ1n) is 11.0. The summed E-state index contributed by atoms with van der Waals surface area (Å²) in [7, 11) is 1.62. The highest BCUT2D eigenvalue weighted by atomic mass is 16.2. The number of likely N-dealkylation sites (tertiary alicyclic amines) is 1. The molecule has 8 nitrogen and oxygen atoms in total. The number of amides is 2. The Morgan fingerprint density at radius 1 is 1.03 bits per heavy atom. The fourth-order valence-electron chi connectivity index (χ4n) is 4.45. The molecular formula is C25H28N6O2. The topological polar surface area (TPSA) is 100 Å². The van der Waals surface area contributed by atoms with E-state index in [0.717, 1.165) is 17.1 Å². The number of carbonyl (C=O) groups excluding carboxylic acids is 2. The average Bonchev–Trinajstić information content (AvgIpc) is 2.83. The number of nitrogens with one attached hydrogen (secondary N) is 2. The van der Waals surface area contributed by atoms with Gasteiger partial charge in [0.25, 0.3) is 5.91 Å². The number of nitrogens with zero attached hydrogens (tertiary/aromatic N) is 4. The van der Waals surface area contributed by atoms with Crippen LogP contribution in [-0.2, 0) is 10.2 Å². The summed E-state index contributed by atoms with van der Waals surface area (Å²) in [4.78, 5) is 41.5. The van der Waals surface area contributed by atoms with E-state index in [2.05, 4.69) is 25.6 Å². The summed E-state index contributed by atoms with van der Waals surface area (Å²) in [6.07, 6.45) is 3.04. The van der Waals surface area contributed by atoms with Gasteiger partial charge in [-0.15, -0.1) is 0 Å². The summed E-state index contributed by atoms with van der Waals surface area (Å²) in [5, 5.41) is 5.96. The average molecular weight is 445 g/mol. The Balaban J connectivity index is 1.59. The second-order valence-electron chi connectivity index (χ2n) is 8.39. The van der Waals surface area contributed by atoms with Gasteiger partial charge in [-0.05, 0) is 63.1 Å². The van der Waals surface area contributed by atoms with Crippen molar-refractivity contribution in [2.45, 2.75) is 32.1 Å². The van der Waals surface area contributed by atoms with Gasteiger partial charge < -0.3 is 15.5 Å². The lowest BCUT2D eigenvalue weighted by molar-refractivity contribution is -0.128. The molecule has 170 valence electrons. The largest absolute Gasteiger partial charge is 0.358 e. The Morgan fingerprint density at radius 2 is 1.82 bits per heavy atom. The van der Waals surface area contributed by atoms with Crippen molar-refractivity contribution >= 4 is 23.5 Å². The lowest BCUT2D eigenvalue weighted by Crippen LogP contribution is -2.56. The second kappa shape index (κ2) is 9.36. The number of pyridine rings is 1. The first-order valence-corrected chi connectivity index (χ1v) is 11.0. The number of hydrogen-bond donors (Lipinski definition) is 2. The number of aryl methyl sites for hydroxylation is 2. The van der Waals surface area contributed by atoms with Crippen LogP contribution in [0.2, 0.25) is 0 Å². The molecule has 0 radical (unpaired) electrons. The van der Waals surface area contributed by atoms with Crippen LogP contribution in [0.5, 0.6) is 0 Å². The molecule has 1 aliphatic heterocycles. The normalized spacial score (nSPS) is 18.0. The van der Waals surface area contributed by atoms with Crippen molar-refractivity contribution in [2.75, 3.05) is 25.5 Å². The summed E-state index contributed by atoms with van der Waals surface area (Å²) in [6.45, 7) is 4.69. The molecule has 1 aromatic carbocycles. The number of carbonyl (C=O) groups is 2. The third-order valence-electron chi connectivity index (χ3n) is 5.94. The minimum atomic E-state index is -0.868. The fraction of sp³-hybridized carbons (Fsp3) is 0.320. The van der Waals surface area contributed by atoms with Crippen molar-refractivity contribution < 1.29 is 9.59 Å². The Labute approximate surface area is 193 Å². The van der Waals surface area contributed by atoms with E-state index in [1.807, 2.05) is 50.2 Å². The third kappa shape index (κ3) is 4.69. The molecule has 0 aliphatic carbocycles. The van der Waals surface area contributed by atoms with Gasteiger partial charge in [-0.25, -0.2) is 9.97 Å². The molecule has 0 saturated carbocycles. The lowest BCUT2D eigenvalue weighted by Gasteiger charge is -2.41. The highest BCUT2D eigenvalue weighted by molar-refractivity contribution is 5.96. The SMILES string of the molecule is CNC(=O)[C@@]1(c2ccccn2)CCCN(C(=O)c2cccc(Nc3nc(C)cc(C)n3)c2)C1. The zero-order valence-corrected chi connectivity index (χ0v) is 19.1. The Kier molecular flexibility index (Phi) is 6.35. The number of piperidine rings is 1. The van der Waals surface area contributed by atoms with E-state index in [-0.39, 0.29) is 18.4 Å². The summed E-state index contributed by atoms with van der Waals surface area (Å²) < 4.78 is 0. The molecule has 0 unspecified atom stereocenters. The van der Waals surface area contributed by atoms with E-state index in [4.69, 9.17) is 0 Å². The Hall–Kier alpha value is -3.81. The van der Waals surface area contributed by atoms with Crippen LogP contribution in [0.3, 0.4) is 0 Å². The molecule has 4 rings (SSSR count). The van der Waals surface area contributed by atoms with E-state index in [9.17, 15) is 9.59 Å². The van der Waals surface area contributed by atoms with Crippen LogP contribution in [0.25, 0.3) is 0 Å². The Morgan fingerprint density at radius 3 is 2.52 bits per heavy atom. The molecule has 33 heavy (non-hydrogen) atoms. The van der Waals surface area contributed by atoms with Gasteiger partial charge in [0.05, 0.1) is 5.69 Å². The van der Waals surface area contributed by atoms with Crippen LogP contribution in [-0.4, -0.2) is 51.8 Å². The highest BCUT2D eigenvalue weighted by Crippen LogP contribution is 2.34. The van der Waals surface area contributed by atoms with E-state index in [0.29, 0.717) is 36.6 Å². The van der Waals surface area contributed by atoms with Gasteiger partial charge in [-0.2, -0.15) is 0 Å². The van der Waals surface area contributed by atoms with Gasteiger partial charge in [0.2, 0.25) is 11.9 Å². The third-order valence-corrected chi connectivity index (χ3v) is 5.94. The van der Waals surface area contributed by atoms with Crippen LogP contribution in [0.15, 0.2) is 54.7 Å². The lowest BCUT2D eigenvalue weighted by atomic mass is 9.75. The molecule has 3 heterocycles. The van der Waals surface area contributed by atoms with E-state index in [1.54, 1.807) is 30.3 Å². The summed E-state index contributed by atoms with van der Waals surface area (Å²) in [5.74, 6) is 0.244. The second-order valence-corrected chi connectivity index (χ2v) is 8.39. The molecule has 2 N–H and O–H groups in total. The molecule has 0 spiro atoms. The van der Waals surface area contributed by atoms with Gasteiger partial charge in [0.15, 0.2) is 0 Å². The maximum atomic E-state index is 13.5. The number of aromatic nitrogens is 3. The summed E-state index contributed by atoms with van der Waals surface area (Å²) in [5.41, 5.74) is 2.82. The number of benzene rings is 1. The van der Waals surface area contributed by atoms with Gasteiger partial charge >= 0.3 is 0 Å². The summed E-state index contributed by atoms with van der Waals surface area (Å²) >= 11 is 0. The monoisotopic (exact) mass is 444 g/mol. The first kappa shape index (κ1) is 22.4. The molecular weight excluding hydrogens is 416 g/mol. The highest BCUT2D eigenvalue weighted by Gasteiger charge is 2.45. The van der Waals surface area contributed by atoms with Crippen LogP contribution in [0, 0.1) is 13.8 Å². The molecule has 1 fully saturated rings. The van der Waals surface area contributed by atoms with Crippen molar-refractivity contribution in [3.8, 4) is 0 Å². The molecule has 2 aromatic heterocycles. The van der Waals surface area contributed by atoms with Crippen molar-refractivity contribution in [3.63, 3.8) is 0 Å². The van der Waals surface area contributed by atoms with Crippen molar-refractivity contribution in [1.29, 1.82) is 0 Å². The maximum absolute atomic E-state index is 13.5. The smallest absolute Gasteiger partial charge is 0.253 e. The quantitative estimate of drug-likeness (QED) is 0.627. The van der Waals surface area contributed by atoms with E-state index in [1.165, 1.54) is 0 Å². The van der Waals surface area contributed by atoms with Crippen LogP contribution >= 0.6 is 0 Å². The number of rotatable bonds is 5. The molecule has 8 heteroatoms. The summed E-state index contributed by atoms with van der Waals surface area (Å²) in [6, 6.07) is 14.7. The van der Waals surface area contributed by atoms with Crippen LogP contribution in [0.4, 0.5) is 11.6 Å². The first-order chi connectivity index (χ1) is 15.9. The van der Waals surface area contributed by atoms with Crippen LogP contribution in [0.1, 0.15) is 40.3 Å². The van der Waals surface area contributed by atoms with Gasteiger partial charge in [-0.1, -0.05) is 12.1 Å². The molecule has 1 atom stereocenters. The minimum absolute atomic E-state index is 0.121. The van der Waals surface area contributed by atoms with Gasteiger partial charge in [-0.3, -0.25) is 14.6 Å². The number of likely N-dealkylation sites (N-methyl/N-ethyl adjacent to an activating group) is 1. The minimum Gasteiger partial charge on any atom is -0.358 e. The fourth-order valence-corrected chi connectivity index (χ4v) is 4.45. The molecule has 3 aromatic rings. The predicted octanol–water partition coefficient (Wildman–Crippen LogP) is 3.15. The zero-order chi connectivity index (χ0) is 23.4. The molecule has 0 bridgehead atoms.